The molecule has 3 heteroatoms. The molecule has 0 aromatic rings. The number of ether oxygens (including phenoxy) is 1. The van der Waals surface area contributed by atoms with E-state index in [9.17, 15) is 5.11 Å². The first-order valence-electron chi connectivity index (χ1n) is 7.23. The van der Waals surface area contributed by atoms with Gasteiger partial charge >= 0.3 is 0 Å². The Morgan fingerprint density at radius 3 is 2.76 bits per heavy atom. The maximum Gasteiger partial charge on any atom is 0.105 e. The first-order chi connectivity index (χ1) is 8.15. The molecule has 4 unspecified atom stereocenters. The lowest BCUT2D eigenvalue weighted by atomic mass is 9.82. The molecule has 100 valence electrons. The summed E-state index contributed by atoms with van der Waals surface area (Å²) in [7, 11) is 0. The van der Waals surface area contributed by atoms with Crippen LogP contribution in [0.4, 0.5) is 0 Å². The molecule has 0 radical (unpaired) electrons. The van der Waals surface area contributed by atoms with E-state index in [4.69, 9.17) is 4.74 Å². The largest absolute Gasteiger partial charge is 0.386 e. The van der Waals surface area contributed by atoms with Gasteiger partial charge in [-0.25, -0.2) is 0 Å². The van der Waals surface area contributed by atoms with E-state index in [2.05, 4.69) is 12.2 Å². The van der Waals surface area contributed by atoms with Gasteiger partial charge in [0.2, 0.25) is 0 Å². The van der Waals surface area contributed by atoms with Crippen molar-refractivity contribution in [3.8, 4) is 0 Å². The Bertz CT molecular complexity index is 246. The quantitative estimate of drug-likeness (QED) is 0.792. The van der Waals surface area contributed by atoms with Crippen LogP contribution in [0.2, 0.25) is 0 Å². The summed E-state index contributed by atoms with van der Waals surface area (Å²) in [5.41, 5.74) is -0.643. The molecule has 2 aliphatic rings. The summed E-state index contributed by atoms with van der Waals surface area (Å²) in [6.07, 6.45) is 7.31. The Morgan fingerprint density at radius 2 is 2.12 bits per heavy atom. The van der Waals surface area contributed by atoms with Crippen molar-refractivity contribution in [3.63, 3.8) is 0 Å². The fourth-order valence-corrected chi connectivity index (χ4v) is 3.28. The van der Waals surface area contributed by atoms with Gasteiger partial charge in [-0.1, -0.05) is 26.2 Å². The van der Waals surface area contributed by atoms with Crippen LogP contribution in [0.25, 0.3) is 0 Å². The van der Waals surface area contributed by atoms with Gasteiger partial charge in [-0.15, -0.1) is 0 Å². The molecule has 1 aliphatic heterocycles. The second-order valence-corrected chi connectivity index (χ2v) is 5.81. The minimum absolute atomic E-state index is 0.0290. The standard InChI is InChI=1S/C14H27NO2/c1-3-12-6-4-5-7-13(12)15-10-14(16)8-9-17-11(14)2/h11-13,15-16H,3-10H2,1-2H3. The predicted octanol–water partition coefficient (Wildman–Crippen LogP) is 2.08. The van der Waals surface area contributed by atoms with Gasteiger partial charge in [0.15, 0.2) is 0 Å². The fourth-order valence-electron chi connectivity index (χ4n) is 3.28. The van der Waals surface area contributed by atoms with Gasteiger partial charge < -0.3 is 15.2 Å². The normalized spacial score (nSPS) is 42.9. The van der Waals surface area contributed by atoms with Crippen molar-refractivity contribution < 1.29 is 9.84 Å². The Balaban J connectivity index is 1.84. The molecule has 2 fully saturated rings. The molecule has 3 nitrogen and oxygen atoms in total. The second kappa shape index (κ2) is 5.68. The Labute approximate surface area is 105 Å². The fraction of sp³-hybridized carbons (Fsp3) is 1.00. The predicted molar refractivity (Wildman–Crippen MR) is 69.0 cm³/mol. The number of hydrogen-bond acceptors (Lipinski definition) is 3. The van der Waals surface area contributed by atoms with E-state index in [1.807, 2.05) is 6.92 Å². The summed E-state index contributed by atoms with van der Waals surface area (Å²) in [4.78, 5) is 0. The van der Waals surface area contributed by atoms with Crippen LogP contribution in [0.1, 0.15) is 52.4 Å². The first-order valence-corrected chi connectivity index (χ1v) is 7.23. The van der Waals surface area contributed by atoms with Crippen molar-refractivity contribution in [3.05, 3.63) is 0 Å². The highest BCUT2D eigenvalue weighted by Crippen LogP contribution is 2.29. The molecule has 0 amide bonds. The Morgan fingerprint density at radius 1 is 1.35 bits per heavy atom. The van der Waals surface area contributed by atoms with Gasteiger partial charge in [0.25, 0.3) is 0 Å². The number of rotatable bonds is 4. The number of aliphatic hydroxyl groups is 1. The van der Waals surface area contributed by atoms with E-state index < -0.39 is 5.60 Å². The van der Waals surface area contributed by atoms with Crippen LogP contribution in [-0.2, 0) is 4.74 Å². The summed E-state index contributed by atoms with van der Waals surface area (Å²) < 4.78 is 5.47. The molecule has 0 spiro atoms. The van der Waals surface area contributed by atoms with E-state index in [0.29, 0.717) is 19.2 Å². The van der Waals surface area contributed by atoms with Gasteiger partial charge in [-0.2, -0.15) is 0 Å². The van der Waals surface area contributed by atoms with Crippen molar-refractivity contribution in [1.29, 1.82) is 0 Å². The average Bonchev–Trinajstić information content (AvgIpc) is 2.68. The number of hydrogen-bond donors (Lipinski definition) is 2. The topological polar surface area (TPSA) is 41.5 Å². The van der Waals surface area contributed by atoms with Crippen LogP contribution in [-0.4, -0.2) is 36.0 Å². The Kier molecular flexibility index (Phi) is 4.45. The molecule has 2 rings (SSSR count). The monoisotopic (exact) mass is 241 g/mol. The zero-order valence-corrected chi connectivity index (χ0v) is 11.2. The molecular weight excluding hydrogens is 214 g/mol. The summed E-state index contributed by atoms with van der Waals surface area (Å²) in [5, 5.41) is 14.1. The SMILES string of the molecule is CCC1CCCCC1NCC1(O)CCOC1C. The summed E-state index contributed by atoms with van der Waals surface area (Å²) in [5.74, 6) is 0.796. The van der Waals surface area contributed by atoms with Crippen LogP contribution in [0.15, 0.2) is 0 Å². The first kappa shape index (κ1) is 13.3. The van der Waals surface area contributed by atoms with E-state index in [0.717, 1.165) is 12.3 Å². The van der Waals surface area contributed by atoms with Crippen molar-refractivity contribution in [2.24, 2.45) is 5.92 Å². The highest BCUT2D eigenvalue weighted by molar-refractivity contribution is 4.93. The third kappa shape index (κ3) is 3.01. The van der Waals surface area contributed by atoms with Crippen molar-refractivity contribution >= 4 is 0 Å². The molecule has 4 atom stereocenters. The summed E-state index contributed by atoms with van der Waals surface area (Å²) in [6.45, 7) is 5.64. The van der Waals surface area contributed by atoms with E-state index in [-0.39, 0.29) is 6.10 Å². The minimum atomic E-state index is -0.643. The van der Waals surface area contributed by atoms with Crippen LogP contribution < -0.4 is 5.32 Å². The van der Waals surface area contributed by atoms with Crippen molar-refractivity contribution in [2.75, 3.05) is 13.2 Å². The molecule has 1 saturated carbocycles. The van der Waals surface area contributed by atoms with Gasteiger partial charge in [-0.05, 0) is 25.7 Å². The lowest BCUT2D eigenvalue weighted by Crippen LogP contribution is -2.50. The van der Waals surface area contributed by atoms with Crippen molar-refractivity contribution in [2.45, 2.75) is 70.1 Å². The third-order valence-electron chi connectivity index (χ3n) is 4.76. The minimum Gasteiger partial charge on any atom is -0.386 e. The summed E-state index contributed by atoms with van der Waals surface area (Å²) in [6, 6.07) is 0.602. The van der Waals surface area contributed by atoms with Gasteiger partial charge in [0.05, 0.1) is 6.10 Å². The highest BCUT2D eigenvalue weighted by atomic mass is 16.5. The maximum atomic E-state index is 10.5. The maximum absolute atomic E-state index is 10.5. The molecule has 0 bridgehead atoms. The van der Waals surface area contributed by atoms with Gasteiger partial charge in [0.1, 0.15) is 5.60 Å². The molecule has 1 aliphatic carbocycles. The third-order valence-corrected chi connectivity index (χ3v) is 4.76. The highest BCUT2D eigenvalue weighted by Gasteiger charge is 2.40. The molecular formula is C14H27NO2. The number of nitrogens with one attached hydrogen (secondary N) is 1. The van der Waals surface area contributed by atoms with Crippen LogP contribution in [0.3, 0.4) is 0 Å². The van der Waals surface area contributed by atoms with E-state index in [1.54, 1.807) is 0 Å². The van der Waals surface area contributed by atoms with Crippen molar-refractivity contribution in [1.82, 2.24) is 5.32 Å². The van der Waals surface area contributed by atoms with E-state index in [1.165, 1.54) is 32.1 Å². The zero-order chi connectivity index (χ0) is 12.3. The van der Waals surface area contributed by atoms with Gasteiger partial charge in [0, 0.05) is 25.6 Å². The van der Waals surface area contributed by atoms with Crippen LogP contribution in [0, 0.1) is 5.92 Å². The van der Waals surface area contributed by atoms with Gasteiger partial charge in [-0.3, -0.25) is 0 Å². The second-order valence-electron chi connectivity index (χ2n) is 5.81. The molecule has 0 aromatic heterocycles. The zero-order valence-electron chi connectivity index (χ0n) is 11.2. The molecule has 17 heavy (non-hydrogen) atoms. The molecule has 1 heterocycles. The van der Waals surface area contributed by atoms with Crippen LogP contribution >= 0.6 is 0 Å². The lowest BCUT2D eigenvalue weighted by Gasteiger charge is -2.35. The molecule has 0 aromatic carbocycles. The van der Waals surface area contributed by atoms with Crippen LogP contribution in [0.5, 0.6) is 0 Å². The smallest absolute Gasteiger partial charge is 0.105 e. The summed E-state index contributed by atoms with van der Waals surface area (Å²) >= 11 is 0. The Hall–Kier alpha value is -0.120. The average molecular weight is 241 g/mol. The molecule has 1 saturated heterocycles. The van der Waals surface area contributed by atoms with E-state index >= 15 is 0 Å². The molecule has 2 N–H and O–H groups in total. The lowest BCUT2D eigenvalue weighted by molar-refractivity contribution is -0.0295.